The quantitative estimate of drug-likeness (QED) is 0.520. The molecule has 3 heterocycles. The molecule has 4 rings (SSSR count). The minimum atomic E-state index is -0.462. The summed E-state index contributed by atoms with van der Waals surface area (Å²) in [5, 5.41) is 0. The van der Waals surface area contributed by atoms with Crippen LogP contribution in [-0.2, 0) is 4.79 Å². The van der Waals surface area contributed by atoms with Crippen LogP contribution in [0.15, 0.2) is 29.3 Å². The summed E-state index contributed by atoms with van der Waals surface area (Å²) in [6.07, 6.45) is 7.63. The molecule has 0 radical (unpaired) electrons. The smallest absolute Gasteiger partial charge is 0.328 e. The number of fused-ring (bicyclic) bond motifs is 3. The van der Waals surface area contributed by atoms with Crippen LogP contribution in [0.2, 0.25) is 0 Å². The third-order valence-electron chi connectivity index (χ3n) is 6.75. The van der Waals surface area contributed by atoms with Gasteiger partial charge in [0.1, 0.15) is 5.75 Å². The molecule has 32 heavy (non-hydrogen) atoms. The number of carbonyl (C=O) groups excluding carboxylic acids is 2. The molecule has 174 valence electrons. The number of ether oxygens (including phenoxy) is 1. The molecule has 2 atom stereocenters. The van der Waals surface area contributed by atoms with Crippen molar-refractivity contribution in [2.45, 2.75) is 64.1 Å². The number of unbranched alkanes of at least 4 members (excludes halogenated alkanes) is 6. The van der Waals surface area contributed by atoms with Crippen LogP contribution in [-0.4, -0.2) is 78.6 Å². The van der Waals surface area contributed by atoms with Crippen LogP contribution >= 0.6 is 0 Å². The molecule has 3 amide bonds. The molecule has 2 saturated heterocycles. The lowest BCUT2D eigenvalue weighted by molar-refractivity contribution is -0.137. The van der Waals surface area contributed by atoms with Crippen molar-refractivity contribution in [3.05, 3.63) is 24.3 Å². The van der Waals surface area contributed by atoms with Crippen LogP contribution in [0.4, 0.5) is 10.5 Å². The fourth-order valence-corrected chi connectivity index (χ4v) is 4.88. The summed E-state index contributed by atoms with van der Waals surface area (Å²) in [5.74, 6) is 1.46. The number of hydrogen-bond acceptors (Lipinski definition) is 6. The molecule has 1 aromatic rings. The lowest BCUT2D eigenvalue weighted by Gasteiger charge is -2.40. The van der Waals surface area contributed by atoms with Crippen molar-refractivity contribution >= 4 is 23.6 Å². The average Bonchev–Trinajstić information content (AvgIpc) is 3.38. The van der Waals surface area contributed by atoms with E-state index in [4.69, 9.17) is 9.73 Å². The van der Waals surface area contributed by atoms with Gasteiger partial charge in [0.05, 0.1) is 7.11 Å². The number of amides is 3. The van der Waals surface area contributed by atoms with Crippen LogP contribution in [0.3, 0.4) is 0 Å². The van der Waals surface area contributed by atoms with Gasteiger partial charge in [-0.15, -0.1) is 0 Å². The van der Waals surface area contributed by atoms with E-state index in [-0.39, 0.29) is 11.9 Å². The normalized spacial score (nSPS) is 22.4. The summed E-state index contributed by atoms with van der Waals surface area (Å²) in [6, 6.07) is 7.17. The highest BCUT2D eigenvalue weighted by Crippen LogP contribution is 2.33. The Morgan fingerprint density at radius 1 is 1.00 bits per heavy atom. The Morgan fingerprint density at radius 2 is 1.69 bits per heavy atom. The highest BCUT2D eigenvalue weighted by atomic mass is 16.5. The Kier molecular flexibility index (Phi) is 6.86. The second-order valence-electron chi connectivity index (χ2n) is 8.84. The largest absolute Gasteiger partial charge is 0.497 e. The molecular weight excluding hydrogens is 406 g/mol. The first-order chi connectivity index (χ1) is 15.6. The molecule has 0 aliphatic carbocycles. The van der Waals surface area contributed by atoms with E-state index in [1.54, 1.807) is 19.1 Å². The number of likely N-dealkylation sites (N-methyl/N-ethyl adjacent to an activating group) is 1. The van der Waals surface area contributed by atoms with Gasteiger partial charge in [-0.3, -0.25) is 9.69 Å². The summed E-state index contributed by atoms with van der Waals surface area (Å²) in [6.45, 7) is 4.18. The van der Waals surface area contributed by atoms with Crippen molar-refractivity contribution in [1.82, 2.24) is 14.7 Å². The zero-order valence-electron chi connectivity index (χ0n) is 19.5. The SMILES string of the molecule is CCCCCCCCCN1C(=O)C2C(N=C3N(c4ccc(OC)cc4)CCN32)N(C)C1=O. The minimum absolute atomic E-state index is 0.112. The Labute approximate surface area is 190 Å². The second-order valence-corrected chi connectivity index (χ2v) is 8.84. The van der Waals surface area contributed by atoms with Gasteiger partial charge in [-0.05, 0) is 30.7 Å². The Morgan fingerprint density at radius 3 is 2.38 bits per heavy atom. The van der Waals surface area contributed by atoms with Crippen LogP contribution in [0, 0.1) is 0 Å². The summed E-state index contributed by atoms with van der Waals surface area (Å²) in [5.41, 5.74) is 1.01. The number of guanidine groups is 1. The summed E-state index contributed by atoms with van der Waals surface area (Å²) in [4.78, 5) is 38.4. The van der Waals surface area contributed by atoms with E-state index < -0.39 is 12.2 Å². The number of urea groups is 1. The van der Waals surface area contributed by atoms with Gasteiger partial charge in [-0.25, -0.2) is 9.79 Å². The van der Waals surface area contributed by atoms with E-state index in [0.29, 0.717) is 13.1 Å². The van der Waals surface area contributed by atoms with Crippen LogP contribution in [0.25, 0.3) is 0 Å². The van der Waals surface area contributed by atoms with E-state index in [9.17, 15) is 9.59 Å². The first-order valence-corrected chi connectivity index (χ1v) is 11.9. The van der Waals surface area contributed by atoms with Gasteiger partial charge >= 0.3 is 6.03 Å². The van der Waals surface area contributed by atoms with Gasteiger partial charge in [0.15, 0.2) is 12.2 Å². The zero-order valence-corrected chi connectivity index (χ0v) is 19.5. The molecule has 0 bridgehead atoms. The van der Waals surface area contributed by atoms with E-state index in [0.717, 1.165) is 43.2 Å². The molecule has 0 saturated carbocycles. The fourth-order valence-electron chi connectivity index (χ4n) is 4.88. The highest BCUT2D eigenvalue weighted by molar-refractivity contribution is 6.07. The van der Waals surface area contributed by atoms with Crippen molar-refractivity contribution in [2.24, 2.45) is 4.99 Å². The molecule has 8 nitrogen and oxygen atoms in total. The lowest BCUT2D eigenvalue weighted by Crippen LogP contribution is -2.64. The number of aliphatic imine (C=N–C) groups is 1. The third kappa shape index (κ3) is 4.14. The van der Waals surface area contributed by atoms with Crippen LogP contribution < -0.4 is 9.64 Å². The monoisotopic (exact) mass is 441 g/mol. The summed E-state index contributed by atoms with van der Waals surface area (Å²) < 4.78 is 5.26. The first-order valence-electron chi connectivity index (χ1n) is 11.9. The number of hydrogen-bond donors (Lipinski definition) is 0. The van der Waals surface area contributed by atoms with Crippen molar-refractivity contribution in [3.8, 4) is 5.75 Å². The number of nitrogens with zero attached hydrogens (tertiary/aromatic N) is 5. The maximum atomic E-state index is 13.4. The van der Waals surface area contributed by atoms with Gasteiger partial charge in [0.2, 0.25) is 5.96 Å². The highest BCUT2D eigenvalue weighted by Gasteiger charge is 2.54. The summed E-state index contributed by atoms with van der Waals surface area (Å²) in [7, 11) is 3.41. The first kappa shape index (κ1) is 22.4. The van der Waals surface area contributed by atoms with Crippen LogP contribution in [0.1, 0.15) is 51.9 Å². The number of methoxy groups -OCH3 is 1. The average molecular weight is 442 g/mol. The molecule has 3 aliphatic rings. The maximum Gasteiger partial charge on any atom is 0.328 e. The van der Waals surface area contributed by atoms with E-state index in [1.807, 2.05) is 24.3 Å². The van der Waals surface area contributed by atoms with Crippen molar-refractivity contribution in [3.63, 3.8) is 0 Å². The number of carbonyl (C=O) groups is 2. The molecule has 0 spiro atoms. The third-order valence-corrected chi connectivity index (χ3v) is 6.75. The Bertz CT molecular complexity index is 856. The van der Waals surface area contributed by atoms with Gasteiger partial charge in [-0.2, -0.15) is 0 Å². The molecule has 8 heteroatoms. The Balaban J connectivity index is 1.41. The minimum Gasteiger partial charge on any atom is -0.497 e. The Hall–Kier alpha value is -2.77. The van der Waals surface area contributed by atoms with E-state index >= 15 is 0 Å². The van der Waals surface area contributed by atoms with Crippen LogP contribution in [0.5, 0.6) is 5.75 Å². The molecule has 0 aromatic heterocycles. The molecule has 2 fully saturated rings. The van der Waals surface area contributed by atoms with Gasteiger partial charge in [0.25, 0.3) is 5.91 Å². The fraction of sp³-hybridized carbons (Fsp3) is 0.625. The van der Waals surface area contributed by atoms with Crippen molar-refractivity contribution in [2.75, 3.05) is 38.7 Å². The lowest BCUT2D eigenvalue weighted by atomic mass is 10.1. The number of rotatable bonds is 10. The van der Waals surface area contributed by atoms with Gasteiger partial charge in [-0.1, -0.05) is 45.4 Å². The van der Waals surface area contributed by atoms with Gasteiger partial charge < -0.3 is 19.4 Å². The zero-order chi connectivity index (χ0) is 22.7. The summed E-state index contributed by atoms with van der Waals surface area (Å²) >= 11 is 0. The predicted molar refractivity (Wildman–Crippen MR) is 125 cm³/mol. The van der Waals surface area contributed by atoms with Gasteiger partial charge in [0, 0.05) is 32.4 Å². The maximum absolute atomic E-state index is 13.4. The predicted octanol–water partition coefficient (Wildman–Crippen LogP) is 3.53. The number of anilines is 1. The molecule has 0 N–H and O–H groups in total. The molecule has 1 aromatic carbocycles. The van der Waals surface area contributed by atoms with Crippen molar-refractivity contribution in [1.29, 1.82) is 0 Å². The number of imide groups is 1. The standard InChI is InChI=1S/C24H35N5O3/c1-4-5-6-7-8-9-10-15-29-22(30)20-21(26(2)24(29)31)25-23-27(16-17-28(20)23)18-11-13-19(32-3)14-12-18/h11-14,20-21H,4-10,15-17H2,1-3H3. The molecule has 2 unspecified atom stereocenters. The van der Waals surface area contributed by atoms with E-state index in [1.165, 1.54) is 30.6 Å². The molecule has 3 aliphatic heterocycles. The second kappa shape index (κ2) is 9.79. The number of benzene rings is 1. The topological polar surface area (TPSA) is 68.7 Å². The van der Waals surface area contributed by atoms with Crippen molar-refractivity contribution < 1.29 is 14.3 Å². The molecular formula is C24H35N5O3. The van der Waals surface area contributed by atoms with E-state index in [2.05, 4.69) is 16.7 Å².